The third-order valence-corrected chi connectivity index (χ3v) is 4.23. The van der Waals surface area contributed by atoms with Crippen molar-refractivity contribution in [1.29, 1.82) is 0 Å². The van der Waals surface area contributed by atoms with Gasteiger partial charge in [-0.1, -0.05) is 0 Å². The second-order valence-electron chi connectivity index (χ2n) is 5.74. The van der Waals surface area contributed by atoms with Gasteiger partial charge in [0.1, 0.15) is 18.4 Å². The highest BCUT2D eigenvalue weighted by Crippen LogP contribution is 2.34. The van der Waals surface area contributed by atoms with Crippen molar-refractivity contribution in [3.05, 3.63) is 35.1 Å². The Morgan fingerprint density at radius 1 is 1.22 bits per heavy atom. The number of hydrogen-bond donors (Lipinski definition) is 0. The van der Waals surface area contributed by atoms with Crippen LogP contribution in [0.2, 0.25) is 0 Å². The summed E-state index contributed by atoms with van der Waals surface area (Å²) in [6, 6.07) is 1.55. The van der Waals surface area contributed by atoms with E-state index in [1.807, 2.05) is 0 Å². The molecule has 2 fully saturated rings. The first-order valence-electron chi connectivity index (χ1n) is 7.21. The fourth-order valence-corrected chi connectivity index (χ4v) is 3.17. The molecule has 2 heterocycles. The number of halogens is 4. The van der Waals surface area contributed by atoms with Crippen molar-refractivity contribution in [3.8, 4) is 0 Å². The van der Waals surface area contributed by atoms with E-state index < -0.39 is 30.1 Å². The number of amides is 2. The minimum absolute atomic E-state index is 0.275. The quantitative estimate of drug-likeness (QED) is 0.780. The Hall–Kier alpha value is -2.12. The highest BCUT2D eigenvalue weighted by atomic mass is 19.4. The van der Waals surface area contributed by atoms with Gasteiger partial charge in [-0.25, -0.2) is 4.39 Å². The zero-order chi connectivity index (χ0) is 16.8. The first-order chi connectivity index (χ1) is 10.8. The van der Waals surface area contributed by atoms with Crippen molar-refractivity contribution in [1.82, 2.24) is 9.80 Å². The largest absolute Gasteiger partial charge is 0.416 e. The van der Waals surface area contributed by atoms with Gasteiger partial charge in [-0.05, 0) is 36.6 Å². The molecule has 0 aliphatic carbocycles. The van der Waals surface area contributed by atoms with Crippen LogP contribution in [0.4, 0.5) is 17.6 Å². The van der Waals surface area contributed by atoms with Gasteiger partial charge in [0.2, 0.25) is 11.8 Å². The van der Waals surface area contributed by atoms with Crippen LogP contribution in [0.1, 0.15) is 24.0 Å². The summed E-state index contributed by atoms with van der Waals surface area (Å²) in [5.41, 5.74) is -1.34. The molecule has 23 heavy (non-hydrogen) atoms. The van der Waals surface area contributed by atoms with Crippen molar-refractivity contribution in [2.24, 2.45) is 0 Å². The van der Waals surface area contributed by atoms with Crippen molar-refractivity contribution in [3.63, 3.8) is 0 Å². The molecule has 0 N–H and O–H groups in total. The summed E-state index contributed by atoms with van der Waals surface area (Å²) in [5, 5.41) is 0. The Bertz CT molecular complexity index is 659. The highest BCUT2D eigenvalue weighted by Gasteiger charge is 2.42. The third kappa shape index (κ3) is 2.89. The molecule has 8 heteroatoms. The molecular weight excluding hydrogens is 316 g/mol. The number of carbonyl (C=O) groups excluding carboxylic acids is 2. The normalized spacial score (nSPS) is 21.8. The van der Waals surface area contributed by atoms with Crippen LogP contribution in [-0.2, 0) is 22.3 Å². The predicted octanol–water partition coefficient (Wildman–Crippen LogP) is 2.18. The van der Waals surface area contributed by atoms with Crippen LogP contribution in [0, 0.1) is 5.82 Å². The molecule has 2 saturated heterocycles. The number of fused-ring (bicyclic) bond motifs is 1. The van der Waals surface area contributed by atoms with E-state index in [4.69, 9.17) is 0 Å². The van der Waals surface area contributed by atoms with Gasteiger partial charge < -0.3 is 9.80 Å². The first-order valence-corrected chi connectivity index (χ1v) is 7.21. The molecule has 1 aromatic rings. The SMILES string of the molecule is O=C1[C@@H]2CCCN2C(=O)CN1Cc1cc(F)ccc1C(F)(F)F. The lowest BCUT2D eigenvalue weighted by Crippen LogP contribution is -2.57. The summed E-state index contributed by atoms with van der Waals surface area (Å²) in [4.78, 5) is 26.9. The molecule has 0 saturated carbocycles. The standard InChI is InChI=1S/C15H14F4N2O2/c16-10-3-4-11(15(17,18)19)9(6-10)7-20-8-13(22)21-5-1-2-12(21)14(20)23/h3-4,6,12H,1-2,5,7-8H2/t12-/m0/s1. The van der Waals surface area contributed by atoms with E-state index in [1.165, 1.54) is 4.90 Å². The number of alkyl halides is 3. The third-order valence-electron chi connectivity index (χ3n) is 4.23. The number of piperazine rings is 1. The van der Waals surface area contributed by atoms with Crippen LogP contribution < -0.4 is 0 Å². The fourth-order valence-electron chi connectivity index (χ4n) is 3.17. The summed E-state index contributed by atoms with van der Waals surface area (Å²) in [7, 11) is 0. The topological polar surface area (TPSA) is 40.6 Å². The average molecular weight is 330 g/mol. The Morgan fingerprint density at radius 2 is 1.96 bits per heavy atom. The summed E-state index contributed by atoms with van der Waals surface area (Å²) < 4.78 is 52.4. The van der Waals surface area contributed by atoms with Crippen molar-refractivity contribution in [2.45, 2.75) is 31.6 Å². The van der Waals surface area contributed by atoms with Crippen LogP contribution in [0.3, 0.4) is 0 Å². The minimum Gasteiger partial charge on any atom is -0.329 e. The Kier molecular flexibility index (Phi) is 3.77. The lowest BCUT2D eigenvalue weighted by molar-refractivity contribution is -0.154. The molecule has 0 bridgehead atoms. The number of rotatable bonds is 2. The Balaban J connectivity index is 1.88. The maximum Gasteiger partial charge on any atom is 0.416 e. The second-order valence-corrected chi connectivity index (χ2v) is 5.74. The van der Waals surface area contributed by atoms with E-state index >= 15 is 0 Å². The predicted molar refractivity (Wildman–Crippen MR) is 71.6 cm³/mol. The van der Waals surface area contributed by atoms with Crippen LogP contribution in [0.25, 0.3) is 0 Å². The van der Waals surface area contributed by atoms with E-state index in [9.17, 15) is 27.2 Å². The van der Waals surface area contributed by atoms with E-state index in [2.05, 4.69) is 0 Å². The van der Waals surface area contributed by atoms with E-state index in [1.54, 1.807) is 0 Å². The summed E-state index contributed by atoms with van der Waals surface area (Å²) in [6.07, 6.45) is -3.44. The maximum absolute atomic E-state index is 13.3. The van der Waals surface area contributed by atoms with Crippen molar-refractivity contribution in [2.75, 3.05) is 13.1 Å². The maximum atomic E-state index is 13.3. The molecule has 124 valence electrons. The van der Waals surface area contributed by atoms with Gasteiger partial charge in [-0.15, -0.1) is 0 Å². The molecule has 0 radical (unpaired) electrons. The first kappa shape index (κ1) is 15.8. The molecule has 2 aliphatic heterocycles. The number of carbonyl (C=O) groups is 2. The Morgan fingerprint density at radius 3 is 2.65 bits per heavy atom. The average Bonchev–Trinajstić information content (AvgIpc) is 2.93. The van der Waals surface area contributed by atoms with Crippen LogP contribution >= 0.6 is 0 Å². The van der Waals surface area contributed by atoms with Gasteiger partial charge in [0, 0.05) is 13.1 Å². The zero-order valence-electron chi connectivity index (χ0n) is 12.1. The van der Waals surface area contributed by atoms with E-state index in [0.717, 1.165) is 17.0 Å². The number of hydrogen-bond acceptors (Lipinski definition) is 2. The fraction of sp³-hybridized carbons (Fsp3) is 0.467. The summed E-state index contributed by atoms with van der Waals surface area (Å²) in [5.74, 6) is -1.47. The van der Waals surface area contributed by atoms with Crippen LogP contribution in [0.15, 0.2) is 18.2 Å². The molecule has 0 spiro atoms. The van der Waals surface area contributed by atoms with E-state index in [-0.39, 0.29) is 23.9 Å². The highest BCUT2D eigenvalue weighted by molar-refractivity contribution is 5.95. The van der Waals surface area contributed by atoms with Gasteiger partial charge in [-0.2, -0.15) is 13.2 Å². The molecule has 2 aliphatic rings. The monoisotopic (exact) mass is 330 g/mol. The lowest BCUT2D eigenvalue weighted by atomic mass is 10.0. The van der Waals surface area contributed by atoms with Gasteiger partial charge >= 0.3 is 6.18 Å². The van der Waals surface area contributed by atoms with E-state index in [0.29, 0.717) is 25.5 Å². The molecule has 4 nitrogen and oxygen atoms in total. The summed E-state index contributed by atoms with van der Waals surface area (Å²) in [6.45, 7) is -0.207. The van der Waals surface area contributed by atoms with Crippen molar-refractivity contribution < 1.29 is 27.2 Å². The zero-order valence-corrected chi connectivity index (χ0v) is 12.1. The molecule has 1 atom stereocenters. The summed E-state index contributed by atoms with van der Waals surface area (Å²) >= 11 is 0. The van der Waals surface area contributed by atoms with Gasteiger partial charge in [-0.3, -0.25) is 9.59 Å². The Labute approximate surface area is 129 Å². The molecule has 3 rings (SSSR count). The molecule has 2 amide bonds. The molecular formula is C15H14F4N2O2. The van der Waals surface area contributed by atoms with Crippen LogP contribution in [0.5, 0.6) is 0 Å². The number of nitrogens with zero attached hydrogens (tertiary/aromatic N) is 2. The smallest absolute Gasteiger partial charge is 0.329 e. The molecule has 0 aromatic heterocycles. The molecule has 0 unspecified atom stereocenters. The van der Waals surface area contributed by atoms with Gasteiger partial charge in [0.05, 0.1) is 5.56 Å². The van der Waals surface area contributed by atoms with Crippen LogP contribution in [-0.4, -0.2) is 40.7 Å². The van der Waals surface area contributed by atoms with Gasteiger partial charge in [0.25, 0.3) is 0 Å². The van der Waals surface area contributed by atoms with Gasteiger partial charge in [0.15, 0.2) is 0 Å². The minimum atomic E-state index is -4.65. The second kappa shape index (κ2) is 5.50. The molecule has 1 aromatic carbocycles. The lowest BCUT2D eigenvalue weighted by Gasteiger charge is -2.36. The number of benzene rings is 1. The van der Waals surface area contributed by atoms with Crippen molar-refractivity contribution >= 4 is 11.8 Å².